The molecule has 0 radical (unpaired) electrons. The van der Waals surface area contributed by atoms with Gasteiger partial charge >= 0.3 is 5.69 Å². The van der Waals surface area contributed by atoms with E-state index in [9.17, 15) is 14.9 Å². The second kappa shape index (κ2) is 9.17. The number of aromatic nitrogens is 2. The fraction of sp³-hybridized carbons (Fsp3) is 0.0556. The Hall–Kier alpha value is -2.75. The number of hydrogen-bond donors (Lipinski definition) is 1. The number of halogens is 3. The minimum Gasteiger partial charge on any atom is -0.265 e. The lowest BCUT2D eigenvalue weighted by Crippen LogP contribution is -2.19. The van der Waals surface area contributed by atoms with Gasteiger partial charge in [0.25, 0.3) is 5.91 Å². The minimum absolute atomic E-state index is 0.264. The second-order valence-electron chi connectivity index (χ2n) is 5.82. The lowest BCUT2D eigenvalue weighted by molar-refractivity contribution is -0.385. The van der Waals surface area contributed by atoms with Crippen LogP contribution in [0, 0.1) is 10.1 Å². The molecule has 0 aliphatic carbocycles. The van der Waals surface area contributed by atoms with Crippen molar-refractivity contribution in [1.82, 2.24) is 15.2 Å². The largest absolute Gasteiger partial charge is 0.320 e. The molecule has 0 aliphatic heterocycles. The Balaban J connectivity index is 1.76. The molecule has 3 rings (SSSR count). The van der Waals surface area contributed by atoms with E-state index in [0.717, 1.165) is 10.0 Å². The Kier molecular flexibility index (Phi) is 6.63. The number of nitrogens with one attached hydrogen (secondary N) is 1. The van der Waals surface area contributed by atoms with Gasteiger partial charge in [-0.2, -0.15) is 10.2 Å². The van der Waals surface area contributed by atoms with Crippen molar-refractivity contribution in [2.45, 2.75) is 6.54 Å². The summed E-state index contributed by atoms with van der Waals surface area (Å²) < 4.78 is 2.20. The van der Waals surface area contributed by atoms with Crippen LogP contribution >= 0.6 is 39.1 Å². The van der Waals surface area contributed by atoms with E-state index in [0.29, 0.717) is 15.6 Å². The summed E-state index contributed by atoms with van der Waals surface area (Å²) in [5.74, 6) is -0.805. The maximum Gasteiger partial charge on any atom is 0.320 e. The first-order valence-corrected chi connectivity index (χ1v) is 9.63. The molecule has 29 heavy (non-hydrogen) atoms. The predicted octanol–water partition coefficient (Wildman–Crippen LogP) is 4.67. The van der Waals surface area contributed by atoms with Gasteiger partial charge in [0.05, 0.1) is 27.7 Å². The predicted molar refractivity (Wildman–Crippen MR) is 114 cm³/mol. The molecule has 11 heteroatoms. The molecule has 0 saturated heterocycles. The molecular formula is C18H12BrCl2N5O3. The number of hydrazone groups is 1. The van der Waals surface area contributed by atoms with Crippen LogP contribution in [0.25, 0.3) is 0 Å². The molecule has 3 aromatic rings. The standard InChI is InChI=1S/C18H12BrCl2N5O3/c19-13-3-1-2-12(6-13)9-25-10-16(26(28)29)17(24-25)18(27)23-22-8-11-4-5-14(20)15(21)7-11/h1-8,10H,9H2,(H,23,27)/b22-8+. The highest BCUT2D eigenvalue weighted by Gasteiger charge is 2.25. The van der Waals surface area contributed by atoms with Crippen molar-refractivity contribution in [3.8, 4) is 0 Å². The van der Waals surface area contributed by atoms with Crippen LogP contribution in [0.2, 0.25) is 10.0 Å². The summed E-state index contributed by atoms with van der Waals surface area (Å²) in [6.45, 7) is 0.264. The molecule has 0 unspecified atom stereocenters. The third-order valence-corrected chi connectivity index (χ3v) is 4.94. The van der Waals surface area contributed by atoms with E-state index in [1.807, 2.05) is 24.3 Å². The fourth-order valence-electron chi connectivity index (χ4n) is 2.42. The van der Waals surface area contributed by atoms with Crippen molar-refractivity contribution < 1.29 is 9.72 Å². The molecule has 1 aromatic heterocycles. The van der Waals surface area contributed by atoms with Gasteiger partial charge in [0.15, 0.2) is 0 Å². The summed E-state index contributed by atoms with van der Waals surface area (Å²) in [7, 11) is 0. The number of amides is 1. The lowest BCUT2D eigenvalue weighted by atomic mass is 10.2. The molecule has 0 aliphatic rings. The number of rotatable bonds is 6. The first kappa shape index (κ1) is 21.0. The van der Waals surface area contributed by atoms with Crippen molar-refractivity contribution in [2.24, 2.45) is 5.10 Å². The van der Waals surface area contributed by atoms with E-state index in [1.165, 1.54) is 17.1 Å². The zero-order chi connectivity index (χ0) is 21.0. The zero-order valence-electron chi connectivity index (χ0n) is 14.6. The van der Waals surface area contributed by atoms with Crippen LogP contribution in [0.4, 0.5) is 5.69 Å². The van der Waals surface area contributed by atoms with Gasteiger partial charge in [0.1, 0.15) is 6.20 Å². The monoisotopic (exact) mass is 495 g/mol. The van der Waals surface area contributed by atoms with E-state index < -0.39 is 16.5 Å². The first-order chi connectivity index (χ1) is 13.8. The Morgan fingerprint density at radius 3 is 2.76 bits per heavy atom. The number of carbonyl (C=O) groups is 1. The molecule has 1 N–H and O–H groups in total. The van der Waals surface area contributed by atoms with Crippen molar-refractivity contribution in [2.75, 3.05) is 0 Å². The maximum absolute atomic E-state index is 12.3. The van der Waals surface area contributed by atoms with Gasteiger partial charge in [-0.25, -0.2) is 5.43 Å². The zero-order valence-corrected chi connectivity index (χ0v) is 17.6. The molecule has 1 heterocycles. The van der Waals surface area contributed by atoms with Gasteiger partial charge in [0.2, 0.25) is 5.69 Å². The molecule has 148 valence electrons. The third-order valence-electron chi connectivity index (χ3n) is 3.71. The summed E-state index contributed by atoms with van der Waals surface area (Å²) >= 11 is 15.1. The summed E-state index contributed by atoms with van der Waals surface area (Å²) in [5.41, 5.74) is 2.93. The summed E-state index contributed by atoms with van der Waals surface area (Å²) in [6, 6.07) is 12.2. The van der Waals surface area contributed by atoms with Gasteiger partial charge < -0.3 is 0 Å². The van der Waals surface area contributed by atoms with Crippen LogP contribution in [0.3, 0.4) is 0 Å². The molecule has 0 fully saturated rings. The SMILES string of the molecule is O=C(N/N=C/c1ccc(Cl)c(Cl)c1)c1nn(Cc2cccc(Br)c2)cc1[N+](=O)[O-]. The van der Waals surface area contributed by atoms with Gasteiger partial charge in [0, 0.05) is 4.47 Å². The molecule has 0 saturated carbocycles. The lowest BCUT2D eigenvalue weighted by Gasteiger charge is -2.01. The molecule has 1 amide bonds. The van der Waals surface area contributed by atoms with Gasteiger partial charge in [-0.1, -0.05) is 57.3 Å². The van der Waals surface area contributed by atoms with Crippen LogP contribution in [0.1, 0.15) is 21.6 Å². The van der Waals surface area contributed by atoms with Crippen molar-refractivity contribution in [3.05, 3.63) is 90.1 Å². The number of carbonyl (C=O) groups excluding carboxylic acids is 1. The fourth-order valence-corrected chi connectivity index (χ4v) is 3.17. The van der Waals surface area contributed by atoms with E-state index in [-0.39, 0.29) is 12.2 Å². The van der Waals surface area contributed by atoms with Crippen molar-refractivity contribution in [1.29, 1.82) is 0 Å². The van der Waals surface area contributed by atoms with Crippen molar-refractivity contribution >= 4 is 56.9 Å². The Labute approximate surface area is 183 Å². The molecule has 0 bridgehead atoms. The van der Waals surface area contributed by atoms with Gasteiger partial charge in [-0.05, 0) is 35.4 Å². The van der Waals surface area contributed by atoms with E-state index in [4.69, 9.17) is 23.2 Å². The Morgan fingerprint density at radius 1 is 1.28 bits per heavy atom. The highest BCUT2D eigenvalue weighted by molar-refractivity contribution is 9.10. The summed E-state index contributed by atoms with van der Waals surface area (Å²) in [6.07, 6.45) is 2.54. The van der Waals surface area contributed by atoms with Crippen LogP contribution < -0.4 is 5.43 Å². The average Bonchev–Trinajstić information content (AvgIpc) is 3.09. The van der Waals surface area contributed by atoms with E-state index in [1.54, 1.807) is 18.2 Å². The average molecular weight is 497 g/mol. The maximum atomic E-state index is 12.3. The normalized spacial score (nSPS) is 11.0. The topological polar surface area (TPSA) is 102 Å². The molecule has 2 aromatic carbocycles. The van der Waals surface area contributed by atoms with Crippen molar-refractivity contribution in [3.63, 3.8) is 0 Å². The molecule has 0 spiro atoms. The first-order valence-electron chi connectivity index (χ1n) is 8.08. The molecule has 0 atom stereocenters. The van der Waals surface area contributed by atoms with Gasteiger partial charge in [-0.15, -0.1) is 0 Å². The number of hydrogen-bond acceptors (Lipinski definition) is 5. The third kappa shape index (κ3) is 5.41. The Bertz CT molecular complexity index is 1120. The summed E-state index contributed by atoms with van der Waals surface area (Å²) in [4.78, 5) is 23.0. The molecular weight excluding hydrogens is 485 g/mol. The number of benzene rings is 2. The van der Waals surface area contributed by atoms with Crippen LogP contribution in [-0.4, -0.2) is 26.8 Å². The van der Waals surface area contributed by atoms with Crippen LogP contribution in [-0.2, 0) is 6.54 Å². The number of nitro groups is 1. The smallest absolute Gasteiger partial charge is 0.265 e. The highest BCUT2D eigenvalue weighted by atomic mass is 79.9. The molecule has 8 nitrogen and oxygen atoms in total. The quantitative estimate of drug-likeness (QED) is 0.304. The highest BCUT2D eigenvalue weighted by Crippen LogP contribution is 2.22. The minimum atomic E-state index is -0.805. The van der Waals surface area contributed by atoms with E-state index in [2.05, 4.69) is 31.6 Å². The van der Waals surface area contributed by atoms with E-state index >= 15 is 0 Å². The number of nitrogens with zero attached hydrogens (tertiary/aromatic N) is 4. The summed E-state index contributed by atoms with van der Waals surface area (Å²) in [5, 5.41) is 19.9. The van der Waals surface area contributed by atoms with Crippen LogP contribution in [0.5, 0.6) is 0 Å². The van der Waals surface area contributed by atoms with Gasteiger partial charge in [-0.3, -0.25) is 19.6 Å². The second-order valence-corrected chi connectivity index (χ2v) is 7.55. The Morgan fingerprint density at radius 2 is 2.07 bits per heavy atom. The van der Waals surface area contributed by atoms with Crippen LogP contribution in [0.15, 0.2) is 58.2 Å².